The van der Waals surface area contributed by atoms with Gasteiger partial charge in [-0.15, -0.1) is 26.3 Å². The van der Waals surface area contributed by atoms with Crippen molar-refractivity contribution in [2.75, 3.05) is 19.8 Å². The Morgan fingerprint density at radius 3 is 1.61 bits per heavy atom. The van der Waals surface area contributed by atoms with Gasteiger partial charge >= 0.3 is 17.9 Å². The molecule has 0 bridgehead atoms. The predicted octanol–water partition coefficient (Wildman–Crippen LogP) is 5.96. The lowest BCUT2D eigenvalue weighted by Crippen LogP contribution is -2.54. The van der Waals surface area contributed by atoms with Crippen LogP contribution in [0.1, 0.15) is 130 Å². The predicted molar refractivity (Wildman–Crippen MR) is 234 cm³/mol. The molecular formula is C47H75N3O11. The van der Waals surface area contributed by atoms with E-state index in [0.717, 1.165) is 64.2 Å². The molecule has 1 aliphatic heterocycles. The molecule has 5 N–H and O–H groups in total. The fourth-order valence-electron chi connectivity index (χ4n) is 8.01. The number of β-amino-alcohol motifs (C(OH)–C–C–N with tert-alkyl or cyclic N) is 1. The number of carboxylic acid groups (broad SMARTS) is 1. The summed E-state index contributed by atoms with van der Waals surface area (Å²) in [5.74, 6) is -3.11. The van der Waals surface area contributed by atoms with Crippen LogP contribution in [0.5, 0.6) is 0 Å². The van der Waals surface area contributed by atoms with E-state index in [0.29, 0.717) is 38.7 Å². The molecule has 3 amide bonds. The third-order valence-electron chi connectivity index (χ3n) is 12.1. The number of unbranched alkanes of at least 4 members (excludes halogenated alkanes) is 6. The minimum Gasteiger partial charge on any atom is -0.481 e. The third-order valence-corrected chi connectivity index (χ3v) is 12.1. The van der Waals surface area contributed by atoms with Crippen molar-refractivity contribution in [2.45, 2.75) is 160 Å². The van der Waals surface area contributed by atoms with Gasteiger partial charge in [0, 0.05) is 36.6 Å². The second kappa shape index (κ2) is 26.2. The molecule has 10 atom stereocenters. The van der Waals surface area contributed by atoms with E-state index >= 15 is 0 Å². The maximum absolute atomic E-state index is 13.0. The maximum Gasteiger partial charge on any atom is 0.332 e. The van der Waals surface area contributed by atoms with Crippen LogP contribution < -0.4 is 10.6 Å². The van der Waals surface area contributed by atoms with Crippen molar-refractivity contribution in [3.05, 3.63) is 50.6 Å². The average Bonchev–Trinajstić information content (AvgIpc) is 4.02. The number of carbonyl (C=O) groups excluding carboxylic acids is 5. The number of rotatable bonds is 24. The average molecular weight is 858 g/mol. The standard InChI is InChI=1S/C23H36N2O5.C14H21NO4.C10H18O2/c1-5-8-9-10-11-12-16(4)21(28)25-15-18(26)13-19(25)20(27)24-23(14-17(23)6-2)22(29)30-7-3;1-3-10-8-14(10,13(18)19-4-2)15-12(17)9-5-6-11(16)7-9;1-3-4-5-6-7-8-9(2)10(11)12/h5-6,16-19,26H,1-2,7-15H2,3-4H3,(H,24,27);3,9-11,16H,1,4-8H2,2H3,(H,15,17);3,9H,1,4-8H2,2H3,(H,11,12)/t16-,17+,18+,19-,23+;9-,10?,11-,14+;9-/m000/s1. The van der Waals surface area contributed by atoms with Crippen molar-refractivity contribution in [3.8, 4) is 0 Å². The molecule has 1 heterocycles. The van der Waals surface area contributed by atoms with Crippen LogP contribution in [0, 0.1) is 29.6 Å². The molecule has 1 unspecified atom stereocenters. The van der Waals surface area contributed by atoms with Gasteiger partial charge in [0.1, 0.15) is 17.1 Å². The van der Waals surface area contributed by atoms with Crippen LogP contribution in [0.3, 0.4) is 0 Å². The number of hydrogen-bond acceptors (Lipinski definition) is 10. The number of esters is 2. The van der Waals surface area contributed by atoms with Crippen LogP contribution in [0.15, 0.2) is 50.6 Å². The van der Waals surface area contributed by atoms with E-state index < -0.39 is 47.2 Å². The van der Waals surface area contributed by atoms with Gasteiger partial charge in [-0.1, -0.05) is 63.8 Å². The molecule has 4 rings (SSSR count). The van der Waals surface area contributed by atoms with E-state index in [1.807, 2.05) is 19.1 Å². The molecule has 3 saturated carbocycles. The van der Waals surface area contributed by atoms with Gasteiger partial charge < -0.3 is 40.3 Å². The smallest absolute Gasteiger partial charge is 0.332 e. The highest BCUT2D eigenvalue weighted by Gasteiger charge is 2.62. The quantitative estimate of drug-likeness (QED) is 0.0435. The number of aliphatic carboxylic acids is 1. The fraction of sp³-hybridized carbons (Fsp3) is 0.702. The first-order valence-electron chi connectivity index (χ1n) is 22.4. The lowest BCUT2D eigenvalue weighted by atomic mass is 10.0. The Balaban J connectivity index is 0.000000351. The molecule has 4 fully saturated rings. The molecule has 0 aromatic rings. The number of amides is 3. The molecule has 3 aliphatic carbocycles. The van der Waals surface area contributed by atoms with Crippen LogP contribution in [-0.4, -0.2) is 105 Å². The first kappa shape index (κ1) is 52.8. The van der Waals surface area contributed by atoms with Gasteiger partial charge in [0.25, 0.3) is 0 Å². The molecule has 14 nitrogen and oxygen atoms in total. The Bertz CT molecular complexity index is 1520. The van der Waals surface area contributed by atoms with Gasteiger partial charge in [-0.05, 0) is 84.5 Å². The monoisotopic (exact) mass is 858 g/mol. The zero-order chi connectivity index (χ0) is 45.8. The lowest BCUT2D eigenvalue weighted by molar-refractivity contribution is -0.150. The maximum atomic E-state index is 13.0. The largest absolute Gasteiger partial charge is 0.481 e. The number of carboxylic acids is 1. The molecule has 0 spiro atoms. The summed E-state index contributed by atoms with van der Waals surface area (Å²) in [6.07, 6.45) is 18.7. The van der Waals surface area contributed by atoms with E-state index in [9.17, 15) is 39.0 Å². The van der Waals surface area contributed by atoms with Crippen LogP contribution in [0.2, 0.25) is 0 Å². The summed E-state index contributed by atoms with van der Waals surface area (Å²) in [5.41, 5.74) is -2.02. The molecular weight excluding hydrogens is 783 g/mol. The van der Waals surface area contributed by atoms with Gasteiger partial charge in [0.05, 0.1) is 31.3 Å². The van der Waals surface area contributed by atoms with Crippen molar-refractivity contribution in [1.29, 1.82) is 0 Å². The number of nitrogens with zero attached hydrogens (tertiary/aromatic N) is 1. The molecule has 0 radical (unpaired) electrons. The number of aliphatic hydroxyl groups is 2. The number of nitrogens with one attached hydrogen (secondary N) is 2. The van der Waals surface area contributed by atoms with E-state index in [-0.39, 0.29) is 66.9 Å². The number of aliphatic hydroxyl groups excluding tert-OH is 2. The number of allylic oxidation sites excluding steroid dienone is 2. The summed E-state index contributed by atoms with van der Waals surface area (Å²) in [4.78, 5) is 74.4. The van der Waals surface area contributed by atoms with E-state index in [2.05, 4.69) is 36.9 Å². The van der Waals surface area contributed by atoms with Crippen molar-refractivity contribution in [3.63, 3.8) is 0 Å². The van der Waals surface area contributed by atoms with E-state index in [1.54, 1.807) is 32.9 Å². The third kappa shape index (κ3) is 15.8. The Morgan fingerprint density at radius 1 is 0.705 bits per heavy atom. The van der Waals surface area contributed by atoms with Gasteiger partial charge in [0.15, 0.2) is 0 Å². The highest BCUT2D eigenvalue weighted by atomic mass is 16.5. The Labute approximate surface area is 363 Å². The number of likely N-dealkylation sites (tertiary alicyclic amines) is 1. The summed E-state index contributed by atoms with van der Waals surface area (Å²) in [6.45, 7) is 22.5. The minimum atomic E-state index is -1.10. The highest BCUT2D eigenvalue weighted by Crippen LogP contribution is 2.47. The Morgan fingerprint density at radius 2 is 1.20 bits per heavy atom. The fourth-order valence-corrected chi connectivity index (χ4v) is 8.01. The summed E-state index contributed by atoms with van der Waals surface area (Å²) in [5, 5.41) is 33.8. The van der Waals surface area contributed by atoms with Crippen LogP contribution in [0.4, 0.5) is 0 Å². The Hall–Kier alpha value is -4.30. The summed E-state index contributed by atoms with van der Waals surface area (Å²) in [7, 11) is 0. The molecule has 14 heteroatoms. The van der Waals surface area contributed by atoms with Gasteiger partial charge in [-0.25, -0.2) is 9.59 Å². The highest BCUT2D eigenvalue weighted by molar-refractivity contribution is 5.96. The van der Waals surface area contributed by atoms with E-state index in [1.165, 1.54) is 4.90 Å². The number of carbonyl (C=O) groups is 6. The SMILES string of the molecule is C=CC1C[C@]1(NC(=O)[C@H]1CC[C@H](O)C1)C(=O)OCC.C=CCCCCC[C@H](C)C(=O)N1C[C@H](O)C[C@H]1C(=O)N[C@]1(C(=O)OCC)C[C@H]1C=C.C=CCCCCC[C@H](C)C(=O)O. The van der Waals surface area contributed by atoms with Gasteiger partial charge in [0.2, 0.25) is 17.7 Å². The normalized spacial score (nSPS) is 27.9. The topological polar surface area (TPSA) is 209 Å². The summed E-state index contributed by atoms with van der Waals surface area (Å²) < 4.78 is 10.2. The summed E-state index contributed by atoms with van der Waals surface area (Å²) >= 11 is 0. The van der Waals surface area contributed by atoms with E-state index in [4.69, 9.17) is 14.6 Å². The Kier molecular flexibility index (Phi) is 22.7. The van der Waals surface area contributed by atoms with Crippen LogP contribution in [0.25, 0.3) is 0 Å². The van der Waals surface area contributed by atoms with Crippen molar-refractivity contribution >= 4 is 35.6 Å². The minimum absolute atomic E-state index is 0.0539. The van der Waals surface area contributed by atoms with Crippen molar-refractivity contribution < 1.29 is 53.6 Å². The molecule has 0 aromatic heterocycles. The first-order valence-corrected chi connectivity index (χ1v) is 22.4. The number of ether oxygens (including phenoxy) is 2. The number of hydrogen-bond donors (Lipinski definition) is 5. The van der Waals surface area contributed by atoms with Crippen molar-refractivity contribution in [1.82, 2.24) is 15.5 Å². The second-order valence-electron chi connectivity index (χ2n) is 17.0. The zero-order valence-electron chi connectivity index (χ0n) is 37.2. The molecule has 4 aliphatic rings. The second-order valence-corrected chi connectivity index (χ2v) is 17.0. The zero-order valence-corrected chi connectivity index (χ0v) is 37.2. The molecule has 1 saturated heterocycles. The van der Waals surface area contributed by atoms with Gasteiger partial charge in [-0.3, -0.25) is 19.2 Å². The van der Waals surface area contributed by atoms with Crippen LogP contribution >= 0.6 is 0 Å². The molecule has 0 aromatic carbocycles. The van der Waals surface area contributed by atoms with Crippen molar-refractivity contribution in [2.24, 2.45) is 29.6 Å². The van der Waals surface area contributed by atoms with Gasteiger partial charge in [-0.2, -0.15) is 0 Å². The molecule has 344 valence electrons. The lowest BCUT2D eigenvalue weighted by Gasteiger charge is -2.28. The summed E-state index contributed by atoms with van der Waals surface area (Å²) in [6, 6.07) is -0.784. The molecule has 61 heavy (non-hydrogen) atoms. The first-order chi connectivity index (χ1) is 29.0. The van der Waals surface area contributed by atoms with Crippen LogP contribution in [-0.2, 0) is 38.2 Å².